The van der Waals surface area contributed by atoms with Gasteiger partial charge < -0.3 is 19.7 Å². The highest BCUT2D eigenvalue weighted by atomic mass is 16.4. The highest BCUT2D eigenvalue weighted by Gasteiger charge is 2.55. The number of benzene rings is 1. The molecule has 0 radical (unpaired) electrons. The van der Waals surface area contributed by atoms with Crippen LogP contribution in [0.2, 0.25) is 0 Å². The minimum absolute atomic E-state index is 0.159. The number of hydrogen-bond donors (Lipinski definition) is 3. The van der Waals surface area contributed by atoms with Gasteiger partial charge in [-0.3, -0.25) is 14.5 Å². The molecule has 1 aromatic heterocycles. The van der Waals surface area contributed by atoms with E-state index in [-0.39, 0.29) is 25.0 Å². The number of aliphatic hydroxyl groups excluding tert-OH is 3. The highest BCUT2D eigenvalue weighted by Crippen LogP contribution is 2.48. The summed E-state index contributed by atoms with van der Waals surface area (Å²) in [4.78, 5) is 28.1. The van der Waals surface area contributed by atoms with Gasteiger partial charge in [-0.25, -0.2) is 0 Å². The third kappa shape index (κ3) is 5.09. The van der Waals surface area contributed by atoms with Gasteiger partial charge in [0, 0.05) is 5.92 Å². The molecule has 192 valence electrons. The van der Waals surface area contributed by atoms with E-state index in [0.717, 1.165) is 23.1 Å². The number of rotatable bonds is 10. The Balaban J connectivity index is 1.57. The van der Waals surface area contributed by atoms with Crippen LogP contribution in [0.5, 0.6) is 0 Å². The SMILES string of the molecule is CCCC1=C([C@H](O)CC/C(C)=C/c2ccc(CO)o2)[C@H](CO)[C@@H]2C(=O)N(c3ccccc3)C(=O)[C@@H]2C1. The van der Waals surface area contributed by atoms with Gasteiger partial charge in [0.15, 0.2) is 0 Å². The third-order valence-electron chi connectivity index (χ3n) is 7.35. The first-order valence-corrected chi connectivity index (χ1v) is 12.7. The average molecular weight is 494 g/mol. The lowest BCUT2D eigenvalue weighted by molar-refractivity contribution is -0.123. The summed E-state index contributed by atoms with van der Waals surface area (Å²) >= 11 is 0. The fourth-order valence-electron chi connectivity index (χ4n) is 5.72. The van der Waals surface area contributed by atoms with Crippen LogP contribution in [0.3, 0.4) is 0 Å². The van der Waals surface area contributed by atoms with Gasteiger partial charge in [-0.15, -0.1) is 0 Å². The number of carbonyl (C=O) groups excluding carboxylic acids is 2. The molecular formula is C29H35NO6. The van der Waals surface area contributed by atoms with Crippen molar-refractivity contribution >= 4 is 23.6 Å². The van der Waals surface area contributed by atoms with Gasteiger partial charge in [0.1, 0.15) is 18.1 Å². The first-order chi connectivity index (χ1) is 17.4. The number of imide groups is 1. The van der Waals surface area contributed by atoms with E-state index in [1.807, 2.05) is 26.0 Å². The predicted octanol–water partition coefficient (Wildman–Crippen LogP) is 4.23. The first kappa shape index (κ1) is 26.1. The molecule has 4 rings (SSSR count). The quantitative estimate of drug-likeness (QED) is 0.337. The second kappa shape index (κ2) is 11.4. The molecule has 1 aromatic carbocycles. The Bertz CT molecular complexity index is 1150. The molecule has 7 nitrogen and oxygen atoms in total. The van der Waals surface area contributed by atoms with E-state index < -0.39 is 23.9 Å². The van der Waals surface area contributed by atoms with Gasteiger partial charge in [-0.1, -0.05) is 42.7 Å². The Morgan fingerprint density at radius 3 is 2.53 bits per heavy atom. The summed E-state index contributed by atoms with van der Waals surface area (Å²) in [5.41, 5.74) is 3.26. The first-order valence-electron chi connectivity index (χ1n) is 12.7. The Labute approximate surface area is 211 Å². The van der Waals surface area contributed by atoms with Crippen LogP contribution in [-0.4, -0.2) is 39.8 Å². The number of allylic oxidation sites excluding steroid dienone is 2. The van der Waals surface area contributed by atoms with Gasteiger partial charge in [0.25, 0.3) is 0 Å². The normalized spacial score (nSPS) is 23.4. The van der Waals surface area contributed by atoms with Gasteiger partial charge >= 0.3 is 0 Å². The van der Waals surface area contributed by atoms with Crippen molar-refractivity contribution in [3.8, 4) is 0 Å². The molecule has 4 atom stereocenters. The van der Waals surface area contributed by atoms with E-state index in [1.54, 1.807) is 36.4 Å². The van der Waals surface area contributed by atoms with E-state index >= 15 is 0 Å². The van der Waals surface area contributed by atoms with Crippen molar-refractivity contribution < 1.29 is 29.3 Å². The smallest absolute Gasteiger partial charge is 0.238 e. The molecule has 2 aromatic rings. The maximum absolute atomic E-state index is 13.5. The Morgan fingerprint density at radius 2 is 1.89 bits per heavy atom. The fraction of sp³-hybridized carbons (Fsp3) is 0.448. The van der Waals surface area contributed by atoms with E-state index in [1.165, 1.54) is 4.90 Å². The maximum atomic E-state index is 13.5. The zero-order valence-electron chi connectivity index (χ0n) is 20.9. The molecule has 3 N–H and O–H groups in total. The van der Waals surface area contributed by atoms with E-state index in [2.05, 4.69) is 0 Å². The molecule has 0 bridgehead atoms. The summed E-state index contributed by atoms with van der Waals surface area (Å²) in [6, 6.07) is 12.4. The van der Waals surface area contributed by atoms with Crippen LogP contribution in [0.1, 0.15) is 57.5 Å². The van der Waals surface area contributed by atoms with Crippen LogP contribution in [0, 0.1) is 17.8 Å². The molecule has 0 saturated carbocycles. The van der Waals surface area contributed by atoms with E-state index in [9.17, 15) is 24.9 Å². The van der Waals surface area contributed by atoms with Crippen molar-refractivity contribution in [1.82, 2.24) is 0 Å². The summed E-state index contributed by atoms with van der Waals surface area (Å²) in [6.07, 6.45) is 4.06. The molecule has 0 unspecified atom stereocenters. The summed E-state index contributed by atoms with van der Waals surface area (Å²) in [5.74, 6) is -1.18. The minimum atomic E-state index is -0.828. The summed E-state index contributed by atoms with van der Waals surface area (Å²) in [6.45, 7) is 3.54. The third-order valence-corrected chi connectivity index (χ3v) is 7.35. The number of fused-ring (bicyclic) bond motifs is 1. The average Bonchev–Trinajstić information content (AvgIpc) is 3.44. The highest BCUT2D eigenvalue weighted by molar-refractivity contribution is 6.22. The number of carbonyl (C=O) groups is 2. The van der Waals surface area contributed by atoms with Gasteiger partial charge in [0.2, 0.25) is 11.8 Å². The molecule has 1 aliphatic heterocycles. The lowest BCUT2D eigenvalue weighted by atomic mass is 9.67. The number of furan rings is 1. The predicted molar refractivity (Wildman–Crippen MR) is 137 cm³/mol. The molecule has 1 saturated heterocycles. The van der Waals surface area contributed by atoms with Crippen molar-refractivity contribution in [3.63, 3.8) is 0 Å². The van der Waals surface area contributed by atoms with Gasteiger partial charge in [-0.05, 0) is 68.5 Å². The maximum Gasteiger partial charge on any atom is 0.238 e. The molecule has 2 aliphatic rings. The monoisotopic (exact) mass is 493 g/mol. The molecule has 0 spiro atoms. The lowest BCUT2D eigenvalue weighted by Crippen LogP contribution is -2.39. The molecular weight excluding hydrogens is 458 g/mol. The van der Waals surface area contributed by atoms with Crippen LogP contribution in [0.15, 0.2) is 63.6 Å². The molecule has 36 heavy (non-hydrogen) atoms. The molecule has 2 heterocycles. The van der Waals surface area contributed by atoms with Gasteiger partial charge in [0.05, 0.1) is 30.2 Å². The number of para-hydroxylation sites is 1. The number of hydrogen-bond acceptors (Lipinski definition) is 6. The van der Waals surface area contributed by atoms with Crippen molar-refractivity contribution in [2.75, 3.05) is 11.5 Å². The molecule has 7 heteroatoms. The molecule has 1 fully saturated rings. The lowest BCUT2D eigenvalue weighted by Gasteiger charge is -2.36. The van der Waals surface area contributed by atoms with Gasteiger partial charge in [-0.2, -0.15) is 0 Å². The summed E-state index contributed by atoms with van der Waals surface area (Å²) in [5, 5.41) is 30.9. The largest absolute Gasteiger partial charge is 0.459 e. The summed E-state index contributed by atoms with van der Waals surface area (Å²) in [7, 11) is 0. The second-order valence-electron chi connectivity index (χ2n) is 9.79. The second-order valence-corrected chi connectivity index (χ2v) is 9.79. The van der Waals surface area contributed by atoms with Crippen LogP contribution < -0.4 is 4.90 Å². The van der Waals surface area contributed by atoms with Crippen LogP contribution >= 0.6 is 0 Å². The molecule has 2 amide bonds. The topological polar surface area (TPSA) is 111 Å². The number of nitrogens with zero attached hydrogens (tertiary/aromatic N) is 1. The zero-order valence-corrected chi connectivity index (χ0v) is 20.9. The van der Waals surface area contributed by atoms with E-state index in [0.29, 0.717) is 42.9 Å². The number of amides is 2. The van der Waals surface area contributed by atoms with Crippen molar-refractivity contribution in [2.45, 2.75) is 58.7 Å². The summed E-state index contributed by atoms with van der Waals surface area (Å²) < 4.78 is 5.52. The standard InChI is InChI=1S/C29H35NO6/c1-3-7-19-15-23-27(29(35)30(28(23)34)20-8-5-4-6-9-20)24(17-32)26(19)25(33)13-10-18(2)14-21-11-12-22(16-31)36-21/h4-6,8-9,11-12,14,23-25,27,31-33H,3,7,10,13,15-17H2,1-2H3/b18-14+/t23-,24+,25-,27-/m1/s1. The Kier molecular flexibility index (Phi) is 8.24. The van der Waals surface area contributed by atoms with Crippen molar-refractivity contribution in [2.24, 2.45) is 17.8 Å². The zero-order chi connectivity index (χ0) is 25.8. The van der Waals surface area contributed by atoms with Crippen LogP contribution in [0.4, 0.5) is 5.69 Å². The number of aliphatic hydroxyl groups is 3. The molecule has 1 aliphatic carbocycles. The van der Waals surface area contributed by atoms with Crippen LogP contribution in [-0.2, 0) is 16.2 Å². The Hall–Kier alpha value is -3.00. The van der Waals surface area contributed by atoms with Crippen molar-refractivity contribution in [3.05, 3.63) is 70.7 Å². The number of anilines is 1. The minimum Gasteiger partial charge on any atom is -0.459 e. The van der Waals surface area contributed by atoms with Crippen molar-refractivity contribution in [1.29, 1.82) is 0 Å². The van der Waals surface area contributed by atoms with Crippen LogP contribution in [0.25, 0.3) is 6.08 Å². The van der Waals surface area contributed by atoms with E-state index in [4.69, 9.17) is 4.42 Å². The fourth-order valence-corrected chi connectivity index (χ4v) is 5.72. The Morgan fingerprint density at radius 1 is 1.14 bits per heavy atom.